The number of aromatic nitrogens is 2. The summed E-state index contributed by atoms with van der Waals surface area (Å²) in [5.41, 5.74) is 7.80. The largest absolute Gasteiger partial charge is 0.457 e. The van der Waals surface area contributed by atoms with Gasteiger partial charge in [-0.25, -0.2) is 9.97 Å². The van der Waals surface area contributed by atoms with Gasteiger partial charge in [-0.2, -0.15) is 5.26 Å². The summed E-state index contributed by atoms with van der Waals surface area (Å²) in [4.78, 5) is 20.5. The van der Waals surface area contributed by atoms with Crippen molar-refractivity contribution in [3.8, 4) is 28.7 Å². The fourth-order valence-corrected chi connectivity index (χ4v) is 4.01. The Balaban J connectivity index is 1.42. The van der Waals surface area contributed by atoms with Crippen molar-refractivity contribution in [3.05, 3.63) is 73.1 Å². The van der Waals surface area contributed by atoms with Crippen LogP contribution < -0.4 is 21.1 Å². The molecule has 0 bridgehead atoms. The maximum atomic E-state index is 11.9. The van der Waals surface area contributed by atoms with Gasteiger partial charge in [0.05, 0.1) is 5.56 Å². The molecule has 2 aromatic carbocycles. The minimum absolute atomic E-state index is 0.0303. The molecule has 0 unspecified atom stereocenters. The third-order valence-corrected chi connectivity index (χ3v) is 5.81. The van der Waals surface area contributed by atoms with Gasteiger partial charge < -0.3 is 21.1 Å². The standard InChI is InChI=1S/C26H26N6O2/c1-17(15-27)26(33)32-20-11-9-19(10-12-20)31-25-23(24(28)29-16-30-25)18-7-13-22(14-8-18)34-21-5-3-2-4-6-21/h2-8,13-14,16,19-20H,1,9-12H2,(H,32,33)(H3,28,29,30,31)/t19-,20-. The van der Waals surface area contributed by atoms with E-state index >= 15 is 0 Å². The second-order valence-corrected chi connectivity index (χ2v) is 8.18. The normalized spacial score (nSPS) is 17.3. The summed E-state index contributed by atoms with van der Waals surface area (Å²) >= 11 is 0. The molecule has 3 aromatic rings. The van der Waals surface area contributed by atoms with Gasteiger partial charge in [0.1, 0.15) is 41.1 Å². The van der Waals surface area contributed by atoms with Gasteiger partial charge in [-0.3, -0.25) is 4.79 Å². The van der Waals surface area contributed by atoms with E-state index in [1.165, 1.54) is 6.33 Å². The van der Waals surface area contributed by atoms with Gasteiger partial charge in [-0.15, -0.1) is 0 Å². The third-order valence-electron chi connectivity index (χ3n) is 5.81. The fourth-order valence-electron chi connectivity index (χ4n) is 4.01. The number of nitriles is 1. The quantitative estimate of drug-likeness (QED) is 0.356. The highest BCUT2D eigenvalue weighted by Crippen LogP contribution is 2.34. The zero-order chi connectivity index (χ0) is 23.9. The number of amides is 1. The van der Waals surface area contributed by atoms with Crippen molar-refractivity contribution in [1.29, 1.82) is 5.26 Å². The number of anilines is 2. The number of carbonyl (C=O) groups is 1. The number of nitrogens with two attached hydrogens (primary N) is 1. The zero-order valence-corrected chi connectivity index (χ0v) is 18.7. The van der Waals surface area contributed by atoms with Crippen LogP contribution in [0, 0.1) is 11.3 Å². The van der Waals surface area contributed by atoms with Crippen LogP contribution in [0.3, 0.4) is 0 Å². The predicted molar refractivity (Wildman–Crippen MR) is 131 cm³/mol. The molecule has 1 aliphatic carbocycles. The van der Waals surface area contributed by atoms with Gasteiger partial charge in [0.2, 0.25) is 0 Å². The Kier molecular flexibility index (Phi) is 7.04. The van der Waals surface area contributed by atoms with E-state index in [0.29, 0.717) is 11.6 Å². The lowest BCUT2D eigenvalue weighted by molar-refractivity contribution is -0.118. The number of hydrogen-bond donors (Lipinski definition) is 3. The van der Waals surface area contributed by atoms with Crippen molar-refractivity contribution in [2.24, 2.45) is 0 Å². The van der Waals surface area contributed by atoms with Crippen LogP contribution in [-0.2, 0) is 4.79 Å². The fraction of sp³-hybridized carbons (Fsp3) is 0.231. The molecule has 0 radical (unpaired) electrons. The lowest BCUT2D eigenvalue weighted by Gasteiger charge is -2.30. The predicted octanol–water partition coefficient (Wildman–Crippen LogP) is 4.44. The average molecular weight is 455 g/mol. The molecule has 34 heavy (non-hydrogen) atoms. The lowest BCUT2D eigenvalue weighted by atomic mass is 9.90. The molecule has 0 aliphatic heterocycles. The number of hydrogen-bond acceptors (Lipinski definition) is 7. The number of rotatable bonds is 7. The van der Waals surface area contributed by atoms with E-state index in [0.717, 1.165) is 48.3 Å². The highest BCUT2D eigenvalue weighted by atomic mass is 16.5. The number of para-hydroxylation sites is 1. The first kappa shape index (κ1) is 22.8. The second kappa shape index (κ2) is 10.5. The van der Waals surface area contributed by atoms with E-state index in [1.807, 2.05) is 54.6 Å². The zero-order valence-electron chi connectivity index (χ0n) is 18.7. The Morgan fingerprint density at radius 1 is 1.00 bits per heavy atom. The molecule has 4 N–H and O–H groups in total. The molecule has 1 aromatic heterocycles. The minimum Gasteiger partial charge on any atom is -0.457 e. The summed E-state index contributed by atoms with van der Waals surface area (Å²) < 4.78 is 5.88. The van der Waals surface area contributed by atoms with Crippen molar-refractivity contribution in [3.63, 3.8) is 0 Å². The van der Waals surface area contributed by atoms with Gasteiger partial charge in [0.15, 0.2) is 0 Å². The summed E-state index contributed by atoms with van der Waals surface area (Å²) in [5, 5.41) is 15.2. The highest BCUT2D eigenvalue weighted by molar-refractivity contribution is 5.96. The molecule has 4 rings (SSSR count). The molecule has 0 spiro atoms. The first-order chi connectivity index (χ1) is 16.5. The third kappa shape index (κ3) is 5.51. The van der Waals surface area contributed by atoms with Crippen molar-refractivity contribution in [2.75, 3.05) is 11.1 Å². The van der Waals surface area contributed by atoms with Crippen LogP contribution in [0.15, 0.2) is 73.1 Å². The Morgan fingerprint density at radius 2 is 1.65 bits per heavy atom. The molecule has 1 fully saturated rings. The minimum atomic E-state index is -0.399. The van der Waals surface area contributed by atoms with Gasteiger partial charge in [-0.1, -0.05) is 36.9 Å². The van der Waals surface area contributed by atoms with Crippen LogP contribution in [0.5, 0.6) is 11.5 Å². The Hall–Kier alpha value is -4.38. The summed E-state index contributed by atoms with van der Waals surface area (Å²) in [7, 11) is 0. The summed E-state index contributed by atoms with van der Waals surface area (Å²) in [6.45, 7) is 3.46. The molecule has 8 heteroatoms. The number of nitrogens with zero attached hydrogens (tertiary/aromatic N) is 3. The molecular weight excluding hydrogens is 428 g/mol. The van der Waals surface area contributed by atoms with E-state index in [1.54, 1.807) is 6.07 Å². The van der Waals surface area contributed by atoms with Crippen molar-refractivity contribution >= 4 is 17.5 Å². The lowest BCUT2D eigenvalue weighted by Crippen LogP contribution is -2.40. The van der Waals surface area contributed by atoms with Gasteiger partial charge in [0, 0.05) is 12.1 Å². The Bertz CT molecular complexity index is 1200. The second-order valence-electron chi connectivity index (χ2n) is 8.18. The van der Waals surface area contributed by atoms with Crippen molar-refractivity contribution < 1.29 is 9.53 Å². The van der Waals surface area contributed by atoms with Gasteiger partial charge in [0.25, 0.3) is 5.91 Å². The highest BCUT2D eigenvalue weighted by Gasteiger charge is 2.24. The number of carbonyl (C=O) groups excluding carboxylic acids is 1. The number of nitrogen functional groups attached to an aromatic ring is 1. The first-order valence-corrected chi connectivity index (χ1v) is 11.1. The van der Waals surface area contributed by atoms with Crippen LogP contribution in [0.2, 0.25) is 0 Å². The number of ether oxygens (including phenoxy) is 1. The molecule has 0 atom stereocenters. The topological polar surface area (TPSA) is 126 Å². The molecule has 8 nitrogen and oxygen atoms in total. The van der Waals surface area contributed by atoms with Gasteiger partial charge >= 0.3 is 0 Å². The first-order valence-electron chi connectivity index (χ1n) is 11.1. The van der Waals surface area contributed by atoms with E-state index in [2.05, 4.69) is 27.2 Å². The van der Waals surface area contributed by atoms with E-state index < -0.39 is 5.91 Å². The molecule has 1 heterocycles. The van der Waals surface area contributed by atoms with Crippen LogP contribution in [0.1, 0.15) is 25.7 Å². The smallest absolute Gasteiger partial charge is 0.261 e. The van der Waals surface area contributed by atoms with Crippen molar-refractivity contribution in [2.45, 2.75) is 37.8 Å². The molecule has 172 valence electrons. The number of nitrogens with one attached hydrogen (secondary N) is 2. The van der Waals surface area contributed by atoms with E-state index in [-0.39, 0.29) is 17.7 Å². The molecule has 1 saturated carbocycles. The molecule has 1 aliphatic rings. The Labute approximate surface area is 198 Å². The van der Waals surface area contributed by atoms with Crippen LogP contribution in [-0.4, -0.2) is 28.0 Å². The Morgan fingerprint density at radius 3 is 2.32 bits per heavy atom. The monoisotopic (exact) mass is 454 g/mol. The molecule has 1 amide bonds. The maximum absolute atomic E-state index is 11.9. The number of benzene rings is 2. The summed E-state index contributed by atoms with van der Waals surface area (Å²) in [6, 6.07) is 19.2. The van der Waals surface area contributed by atoms with Gasteiger partial charge in [-0.05, 0) is 55.5 Å². The van der Waals surface area contributed by atoms with Crippen LogP contribution >= 0.6 is 0 Å². The average Bonchev–Trinajstić information content (AvgIpc) is 2.86. The van der Waals surface area contributed by atoms with Crippen LogP contribution in [0.25, 0.3) is 11.1 Å². The van der Waals surface area contributed by atoms with Crippen molar-refractivity contribution in [1.82, 2.24) is 15.3 Å². The van der Waals surface area contributed by atoms with E-state index in [4.69, 9.17) is 15.7 Å². The van der Waals surface area contributed by atoms with E-state index in [9.17, 15) is 4.79 Å². The molecular formula is C26H26N6O2. The maximum Gasteiger partial charge on any atom is 0.261 e. The van der Waals surface area contributed by atoms with Crippen LogP contribution in [0.4, 0.5) is 11.6 Å². The summed E-state index contributed by atoms with van der Waals surface area (Å²) in [5.74, 6) is 2.16. The summed E-state index contributed by atoms with van der Waals surface area (Å²) in [6.07, 6.45) is 4.73. The molecule has 0 saturated heterocycles. The SMILES string of the molecule is C=C(C#N)C(=O)N[C@H]1CC[C@H](Nc2ncnc(N)c2-c2ccc(Oc3ccccc3)cc2)CC1.